The predicted molar refractivity (Wildman–Crippen MR) is 66.6 cm³/mol. The standard InChI is InChI=1S/C12H21N3O3/c1-7(2)15-10(16)5-9(12(15)18)14-11(17)8(3)6-13-4/h7-9,13H,5-6H2,1-4H3,(H,14,17). The summed E-state index contributed by atoms with van der Waals surface area (Å²) < 4.78 is 0. The van der Waals surface area contributed by atoms with Crippen LogP contribution in [0.3, 0.4) is 0 Å². The molecule has 0 aromatic rings. The summed E-state index contributed by atoms with van der Waals surface area (Å²) in [6, 6.07) is -0.867. The van der Waals surface area contributed by atoms with Crippen molar-refractivity contribution in [3.05, 3.63) is 0 Å². The fourth-order valence-electron chi connectivity index (χ4n) is 2.02. The molecule has 6 heteroatoms. The summed E-state index contributed by atoms with van der Waals surface area (Å²) in [7, 11) is 1.76. The normalized spacial score (nSPS) is 21.6. The van der Waals surface area contributed by atoms with Gasteiger partial charge < -0.3 is 10.6 Å². The Balaban J connectivity index is 2.62. The van der Waals surface area contributed by atoms with Gasteiger partial charge in [0.15, 0.2) is 0 Å². The van der Waals surface area contributed by atoms with Crippen LogP contribution in [-0.4, -0.2) is 48.3 Å². The monoisotopic (exact) mass is 255 g/mol. The zero-order chi connectivity index (χ0) is 13.9. The number of hydrogen-bond donors (Lipinski definition) is 2. The molecule has 1 rings (SSSR count). The third-order valence-corrected chi connectivity index (χ3v) is 2.97. The Morgan fingerprint density at radius 2 is 2.00 bits per heavy atom. The number of rotatable bonds is 5. The topological polar surface area (TPSA) is 78.5 Å². The Morgan fingerprint density at radius 3 is 2.44 bits per heavy atom. The third-order valence-electron chi connectivity index (χ3n) is 2.97. The molecule has 0 spiro atoms. The summed E-state index contributed by atoms with van der Waals surface area (Å²) in [5.74, 6) is -0.964. The van der Waals surface area contributed by atoms with Crippen LogP contribution in [0, 0.1) is 5.92 Å². The van der Waals surface area contributed by atoms with Crippen molar-refractivity contribution in [2.24, 2.45) is 5.92 Å². The van der Waals surface area contributed by atoms with Crippen molar-refractivity contribution in [3.63, 3.8) is 0 Å². The van der Waals surface area contributed by atoms with E-state index in [-0.39, 0.29) is 36.1 Å². The van der Waals surface area contributed by atoms with Gasteiger partial charge in [-0.05, 0) is 20.9 Å². The van der Waals surface area contributed by atoms with E-state index in [9.17, 15) is 14.4 Å². The molecule has 102 valence electrons. The second kappa shape index (κ2) is 5.95. The van der Waals surface area contributed by atoms with Crippen LogP contribution in [0.2, 0.25) is 0 Å². The first-order chi connectivity index (χ1) is 8.38. The van der Waals surface area contributed by atoms with Gasteiger partial charge in [-0.3, -0.25) is 19.3 Å². The van der Waals surface area contributed by atoms with Crippen LogP contribution in [-0.2, 0) is 14.4 Å². The van der Waals surface area contributed by atoms with E-state index in [4.69, 9.17) is 0 Å². The second-order valence-corrected chi connectivity index (χ2v) is 4.92. The molecule has 2 atom stereocenters. The Kier molecular flexibility index (Phi) is 4.84. The molecule has 0 radical (unpaired) electrons. The molecule has 1 aliphatic heterocycles. The highest BCUT2D eigenvalue weighted by molar-refractivity contribution is 6.07. The number of hydrogen-bond acceptors (Lipinski definition) is 4. The first-order valence-electron chi connectivity index (χ1n) is 6.19. The van der Waals surface area contributed by atoms with Crippen LogP contribution < -0.4 is 10.6 Å². The molecule has 0 aromatic carbocycles. The van der Waals surface area contributed by atoms with E-state index >= 15 is 0 Å². The average molecular weight is 255 g/mol. The highest BCUT2D eigenvalue weighted by atomic mass is 16.2. The van der Waals surface area contributed by atoms with Crippen molar-refractivity contribution in [1.82, 2.24) is 15.5 Å². The minimum atomic E-state index is -0.702. The lowest BCUT2D eigenvalue weighted by atomic mass is 10.1. The number of nitrogens with one attached hydrogen (secondary N) is 2. The maximum absolute atomic E-state index is 11.9. The largest absolute Gasteiger partial charge is 0.343 e. The molecule has 2 unspecified atom stereocenters. The molecular formula is C12H21N3O3. The van der Waals surface area contributed by atoms with E-state index in [0.29, 0.717) is 6.54 Å². The molecule has 0 aromatic heterocycles. The van der Waals surface area contributed by atoms with Crippen molar-refractivity contribution in [2.45, 2.75) is 39.3 Å². The molecule has 1 aliphatic rings. The zero-order valence-electron chi connectivity index (χ0n) is 11.3. The fourth-order valence-corrected chi connectivity index (χ4v) is 2.02. The van der Waals surface area contributed by atoms with Gasteiger partial charge in [0.2, 0.25) is 11.8 Å². The number of amides is 3. The van der Waals surface area contributed by atoms with E-state index < -0.39 is 6.04 Å². The van der Waals surface area contributed by atoms with Crippen LogP contribution in [0.1, 0.15) is 27.2 Å². The molecule has 6 nitrogen and oxygen atoms in total. The van der Waals surface area contributed by atoms with Crippen LogP contribution in [0.4, 0.5) is 0 Å². The summed E-state index contributed by atoms with van der Waals surface area (Å²) in [5, 5.41) is 5.53. The first-order valence-corrected chi connectivity index (χ1v) is 6.19. The van der Waals surface area contributed by atoms with Gasteiger partial charge in [-0.1, -0.05) is 6.92 Å². The van der Waals surface area contributed by atoms with E-state index in [1.54, 1.807) is 27.8 Å². The number of imide groups is 1. The summed E-state index contributed by atoms with van der Waals surface area (Å²) in [5.41, 5.74) is 0. The van der Waals surface area contributed by atoms with Gasteiger partial charge in [0.05, 0.1) is 6.42 Å². The summed E-state index contributed by atoms with van der Waals surface area (Å²) >= 11 is 0. The van der Waals surface area contributed by atoms with Crippen molar-refractivity contribution in [3.8, 4) is 0 Å². The van der Waals surface area contributed by atoms with Gasteiger partial charge in [-0.2, -0.15) is 0 Å². The fraction of sp³-hybridized carbons (Fsp3) is 0.750. The predicted octanol–water partition coefficient (Wildman–Crippen LogP) is -0.506. The Bertz CT molecular complexity index is 354. The first kappa shape index (κ1) is 14.6. The smallest absolute Gasteiger partial charge is 0.252 e. The maximum Gasteiger partial charge on any atom is 0.252 e. The lowest BCUT2D eigenvalue weighted by Crippen LogP contribution is -2.46. The molecule has 1 saturated heterocycles. The van der Waals surface area contributed by atoms with Crippen molar-refractivity contribution >= 4 is 17.7 Å². The van der Waals surface area contributed by atoms with Gasteiger partial charge >= 0.3 is 0 Å². The average Bonchev–Trinajstić information content (AvgIpc) is 2.54. The molecule has 18 heavy (non-hydrogen) atoms. The minimum Gasteiger partial charge on any atom is -0.343 e. The SMILES string of the molecule is CNCC(C)C(=O)NC1CC(=O)N(C(C)C)C1=O. The Morgan fingerprint density at radius 1 is 1.39 bits per heavy atom. The summed E-state index contributed by atoms with van der Waals surface area (Å²) in [6.45, 7) is 5.87. The molecule has 0 bridgehead atoms. The lowest BCUT2D eigenvalue weighted by molar-refractivity contribution is -0.141. The van der Waals surface area contributed by atoms with Gasteiger partial charge in [-0.25, -0.2) is 0 Å². The summed E-state index contributed by atoms with van der Waals surface area (Å²) in [4.78, 5) is 36.6. The molecule has 2 N–H and O–H groups in total. The van der Waals surface area contributed by atoms with Crippen LogP contribution in [0.25, 0.3) is 0 Å². The lowest BCUT2D eigenvalue weighted by Gasteiger charge is -2.20. The molecule has 0 saturated carbocycles. The number of carbonyl (C=O) groups excluding carboxylic acids is 3. The second-order valence-electron chi connectivity index (χ2n) is 4.92. The Labute approximate surface area is 107 Å². The Hall–Kier alpha value is -1.43. The minimum absolute atomic E-state index is 0.0645. The molecular weight excluding hydrogens is 234 g/mol. The van der Waals surface area contributed by atoms with E-state index in [1.165, 1.54) is 4.90 Å². The highest BCUT2D eigenvalue weighted by Crippen LogP contribution is 2.16. The molecule has 1 fully saturated rings. The van der Waals surface area contributed by atoms with Crippen molar-refractivity contribution in [2.75, 3.05) is 13.6 Å². The van der Waals surface area contributed by atoms with Crippen molar-refractivity contribution < 1.29 is 14.4 Å². The zero-order valence-corrected chi connectivity index (χ0v) is 11.3. The van der Waals surface area contributed by atoms with E-state index in [2.05, 4.69) is 10.6 Å². The van der Waals surface area contributed by atoms with Gasteiger partial charge in [0.1, 0.15) is 6.04 Å². The van der Waals surface area contributed by atoms with Crippen LogP contribution in [0.5, 0.6) is 0 Å². The molecule has 3 amide bonds. The van der Waals surface area contributed by atoms with E-state index in [1.807, 2.05) is 0 Å². The molecule has 0 aliphatic carbocycles. The van der Waals surface area contributed by atoms with Crippen LogP contribution in [0.15, 0.2) is 0 Å². The molecule has 1 heterocycles. The van der Waals surface area contributed by atoms with Crippen molar-refractivity contribution in [1.29, 1.82) is 0 Å². The van der Waals surface area contributed by atoms with E-state index in [0.717, 1.165) is 0 Å². The third kappa shape index (κ3) is 3.07. The number of nitrogens with zero attached hydrogens (tertiary/aromatic N) is 1. The quantitative estimate of drug-likeness (QED) is 0.649. The number of likely N-dealkylation sites (tertiary alicyclic amines) is 1. The van der Waals surface area contributed by atoms with Crippen LogP contribution >= 0.6 is 0 Å². The van der Waals surface area contributed by atoms with Gasteiger partial charge in [-0.15, -0.1) is 0 Å². The number of carbonyl (C=O) groups is 3. The van der Waals surface area contributed by atoms with Gasteiger partial charge in [0, 0.05) is 18.5 Å². The highest BCUT2D eigenvalue weighted by Gasteiger charge is 2.40. The summed E-state index contributed by atoms with van der Waals surface area (Å²) in [6.07, 6.45) is 0.0645. The maximum atomic E-state index is 11.9. The van der Waals surface area contributed by atoms with Gasteiger partial charge in [0.25, 0.3) is 5.91 Å².